The topological polar surface area (TPSA) is 39.9 Å². The number of hydrogen-bond acceptors (Lipinski definition) is 3. The van der Waals surface area contributed by atoms with Gasteiger partial charge in [0.1, 0.15) is 6.61 Å². The Morgan fingerprint density at radius 2 is 2.29 bits per heavy atom. The molecule has 0 amide bonds. The van der Waals surface area contributed by atoms with E-state index in [9.17, 15) is 4.39 Å². The fourth-order valence-corrected chi connectivity index (χ4v) is 1.62. The Morgan fingerprint density at radius 1 is 1.47 bits per heavy atom. The lowest BCUT2D eigenvalue weighted by Crippen LogP contribution is -2.06. The summed E-state index contributed by atoms with van der Waals surface area (Å²) in [5.74, 6) is -0.430. The van der Waals surface area contributed by atoms with E-state index in [1.807, 2.05) is 24.6 Å². The zero-order valence-electron chi connectivity index (χ0n) is 9.85. The van der Waals surface area contributed by atoms with Gasteiger partial charge in [-0.1, -0.05) is 0 Å². The Morgan fingerprint density at radius 3 is 3.00 bits per heavy atom. The van der Waals surface area contributed by atoms with E-state index in [1.165, 1.54) is 6.20 Å². The first kappa shape index (κ1) is 11.6. The molecule has 2 aromatic heterocycles. The smallest absolute Gasteiger partial charge is 0.255 e. The highest BCUT2D eigenvalue weighted by Gasteiger charge is 2.07. The summed E-state index contributed by atoms with van der Waals surface area (Å²) < 4.78 is 20.4. The molecular formula is C12H14FN3O. The van der Waals surface area contributed by atoms with Crippen molar-refractivity contribution < 1.29 is 9.13 Å². The van der Waals surface area contributed by atoms with Crippen molar-refractivity contribution in [1.82, 2.24) is 14.8 Å². The van der Waals surface area contributed by atoms with Crippen LogP contribution in [0.25, 0.3) is 0 Å². The number of pyridine rings is 1. The van der Waals surface area contributed by atoms with E-state index < -0.39 is 5.95 Å². The molecule has 0 atom stereocenters. The Balaban J connectivity index is 2.09. The molecule has 0 aliphatic rings. The molecule has 2 heterocycles. The minimum atomic E-state index is -0.591. The van der Waals surface area contributed by atoms with E-state index in [2.05, 4.69) is 10.1 Å². The van der Waals surface area contributed by atoms with Gasteiger partial charge in [0.2, 0.25) is 0 Å². The molecule has 5 heteroatoms. The third-order valence-corrected chi connectivity index (χ3v) is 2.39. The van der Waals surface area contributed by atoms with Crippen molar-refractivity contribution in [1.29, 1.82) is 0 Å². The van der Waals surface area contributed by atoms with Crippen LogP contribution in [-0.4, -0.2) is 14.8 Å². The van der Waals surface area contributed by atoms with E-state index in [4.69, 9.17) is 4.74 Å². The zero-order chi connectivity index (χ0) is 12.3. The van der Waals surface area contributed by atoms with Crippen LogP contribution in [0.15, 0.2) is 24.4 Å². The van der Waals surface area contributed by atoms with Crippen LogP contribution in [0.4, 0.5) is 4.39 Å². The van der Waals surface area contributed by atoms with Gasteiger partial charge in [0.25, 0.3) is 5.95 Å². The minimum absolute atomic E-state index is 0.161. The molecule has 0 N–H and O–H groups in total. The van der Waals surface area contributed by atoms with Gasteiger partial charge in [0.15, 0.2) is 5.75 Å². The summed E-state index contributed by atoms with van der Waals surface area (Å²) in [6.07, 6.45) is 1.39. The van der Waals surface area contributed by atoms with E-state index in [0.717, 1.165) is 17.9 Å². The van der Waals surface area contributed by atoms with E-state index in [-0.39, 0.29) is 12.4 Å². The molecule has 0 bridgehead atoms. The molecule has 0 fully saturated rings. The monoisotopic (exact) mass is 235 g/mol. The molecule has 0 radical (unpaired) electrons. The lowest BCUT2D eigenvalue weighted by atomic mass is 10.4. The molecule has 4 nitrogen and oxygen atoms in total. The molecule has 0 aromatic carbocycles. The van der Waals surface area contributed by atoms with Crippen LogP contribution in [0.5, 0.6) is 5.75 Å². The SMILES string of the molecule is CCn1nc(C)cc1COc1cccnc1F. The van der Waals surface area contributed by atoms with Crippen LogP contribution >= 0.6 is 0 Å². The van der Waals surface area contributed by atoms with Crippen LogP contribution in [-0.2, 0) is 13.2 Å². The van der Waals surface area contributed by atoms with Crippen LogP contribution in [0.1, 0.15) is 18.3 Å². The third-order valence-electron chi connectivity index (χ3n) is 2.39. The first-order chi connectivity index (χ1) is 8.20. The number of nitrogens with zero attached hydrogens (tertiary/aromatic N) is 3. The van der Waals surface area contributed by atoms with Gasteiger partial charge in [-0.05, 0) is 32.0 Å². The molecule has 0 aliphatic heterocycles. The molecule has 0 saturated heterocycles. The molecule has 2 aromatic rings. The largest absolute Gasteiger partial charge is 0.483 e. The van der Waals surface area contributed by atoms with Gasteiger partial charge in [-0.2, -0.15) is 9.49 Å². The number of rotatable bonds is 4. The van der Waals surface area contributed by atoms with Crippen molar-refractivity contribution in [3.05, 3.63) is 41.7 Å². The molecule has 2 rings (SSSR count). The van der Waals surface area contributed by atoms with E-state index in [1.54, 1.807) is 12.1 Å². The summed E-state index contributed by atoms with van der Waals surface area (Å²) in [5, 5.41) is 4.29. The van der Waals surface area contributed by atoms with Crippen molar-refractivity contribution in [3.8, 4) is 5.75 Å². The quantitative estimate of drug-likeness (QED) is 0.763. The highest BCUT2D eigenvalue weighted by atomic mass is 19.1. The van der Waals surface area contributed by atoms with Gasteiger partial charge in [-0.25, -0.2) is 4.98 Å². The summed E-state index contributed by atoms with van der Waals surface area (Å²) >= 11 is 0. The van der Waals surface area contributed by atoms with E-state index >= 15 is 0 Å². The van der Waals surface area contributed by atoms with Crippen molar-refractivity contribution in [3.63, 3.8) is 0 Å². The van der Waals surface area contributed by atoms with Crippen LogP contribution in [0.3, 0.4) is 0 Å². The minimum Gasteiger partial charge on any atom is -0.483 e. The van der Waals surface area contributed by atoms with Gasteiger partial charge in [0, 0.05) is 12.7 Å². The number of halogens is 1. The van der Waals surface area contributed by atoms with Crippen molar-refractivity contribution in [2.75, 3.05) is 0 Å². The van der Waals surface area contributed by atoms with Gasteiger partial charge in [-0.15, -0.1) is 0 Å². The summed E-state index contributed by atoms with van der Waals surface area (Å²) in [6.45, 7) is 4.97. The normalized spacial score (nSPS) is 10.5. The second-order valence-corrected chi connectivity index (χ2v) is 3.67. The standard InChI is InChI=1S/C12H14FN3O/c1-3-16-10(7-9(2)15-16)8-17-11-5-4-6-14-12(11)13/h4-7H,3,8H2,1-2H3. The summed E-state index contributed by atoms with van der Waals surface area (Å²) in [4.78, 5) is 3.53. The average Bonchev–Trinajstić information content (AvgIpc) is 2.69. The maximum absolute atomic E-state index is 13.2. The maximum Gasteiger partial charge on any atom is 0.255 e. The zero-order valence-corrected chi connectivity index (χ0v) is 9.85. The second-order valence-electron chi connectivity index (χ2n) is 3.67. The summed E-state index contributed by atoms with van der Waals surface area (Å²) in [7, 11) is 0. The van der Waals surface area contributed by atoms with Crippen molar-refractivity contribution in [2.24, 2.45) is 0 Å². The predicted octanol–water partition coefficient (Wildman–Crippen LogP) is 2.32. The van der Waals surface area contributed by atoms with Gasteiger partial charge in [0.05, 0.1) is 11.4 Å². The van der Waals surface area contributed by atoms with E-state index in [0.29, 0.717) is 0 Å². The second kappa shape index (κ2) is 4.95. The number of aryl methyl sites for hydroxylation is 2. The van der Waals surface area contributed by atoms with Crippen LogP contribution < -0.4 is 4.74 Å². The molecule has 0 spiro atoms. The Kier molecular flexibility index (Phi) is 3.37. The fourth-order valence-electron chi connectivity index (χ4n) is 1.62. The molecule has 0 aliphatic carbocycles. The Hall–Kier alpha value is -1.91. The lowest BCUT2D eigenvalue weighted by molar-refractivity contribution is 0.274. The fraction of sp³-hybridized carbons (Fsp3) is 0.333. The molecular weight excluding hydrogens is 221 g/mol. The molecule has 17 heavy (non-hydrogen) atoms. The third kappa shape index (κ3) is 2.61. The van der Waals surface area contributed by atoms with Crippen molar-refractivity contribution in [2.45, 2.75) is 27.0 Å². The van der Waals surface area contributed by atoms with Crippen LogP contribution in [0, 0.1) is 12.9 Å². The van der Waals surface area contributed by atoms with Crippen molar-refractivity contribution >= 4 is 0 Å². The van der Waals surface area contributed by atoms with Gasteiger partial charge < -0.3 is 4.74 Å². The predicted molar refractivity (Wildman–Crippen MR) is 61.2 cm³/mol. The van der Waals surface area contributed by atoms with Gasteiger partial charge in [-0.3, -0.25) is 4.68 Å². The highest BCUT2D eigenvalue weighted by Crippen LogP contribution is 2.15. The Bertz CT molecular complexity index is 510. The maximum atomic E-state index is 13.2. The lowest BCUT2D eigenvalue weighted by Gasteiger charge is -2.07. The first-order valence-corrected chi connectivity index (χ1v) is 5.47. The molecule has 90 valence electrons. The first-order valence-electron chi connectivity index (χ1n) is 5.47. The molecule has 0 saturated carbocycles. The van der Waals surface area contributed by atoms with Crippen LogP contribution in [0.2, 0.25) is 0 Å². The van der Waals surface area contributed by atoms with Gasteiger partial charge >= 0.3 is 0 Å². The summed E-state index contributed by atoms with van der Waals surface area (Å²) in [6, 6.07) is 5.13. The molecule has 0 unspecified atom stereocenters. The average molecular weight is 235 g/mol. The number of aromatic nitrogens is 3. The summed E-state index contributed by atoms with van der Waals surface area (Å²) in [5.41, 5.74) is 1.85. The highest BCUT2D eigenvalue weighted by molar-refractivity contribution is 5.18. The number of hydrogen-bond donors (Lipinski definition) is 0. The number of ether oxygens (including phenoxy) is 1. The Labute approximate surface area is 99.1 Å².